The van der Waals surface area contributed by atoms with E-state index in [9.17, 15) is 14.0 Å². The molecule has 2 N–H and O–H groups in total. The Morgan fingerprint density at radius 3 is 2.76 bits per heavy atom. The Kier molecular flexibility index (Phi) is 4.34. The van der Waals surface area contributed by atoms with Crippen molar-refractivity contribution in [1.82, 2.24) is 0 Å². The standard InChI is InChI=1S/C23H18FNO4/c1-23(2)17(14-5-3-4-13(10-14)6-9-20(26)27)12-19(29-23)21-16-8-7-15(24)11-18(16)25-22(21)28/h3-12H,1-2H3,(H,25,28)(H,26,27)/b9-6+,21-19?. The van der Waals surface area contributed by atoms with Crippen molar-refractivity contribution in [3.8, 4) is 0 Å². The minimum absolute atomic E-state index is 0.341. The molecular weight excluding hydrogens is 373 g/mol. The smallest absolute Gasteiger partial charge is 0.328 e. The number of amides is 1. The normalized spacial score (nSPS) is 19.7. The van der Waals surface area contributed by atoms with Crippen LogP contribution in [0.3, 0.4) is 0 Å². The number of carbonyl (C=O) groups is 2. The second-order valence-corrected chi connectivity index (χ2v) is 7.35. The van der Waals surface area contributed by atoms with Crippen LogP contribution in [0.15, 0.2) is 60.4 Å². The number of halogens is 1. The number of ether oxygens (including phenoxy) is 1. The summed E-state index contributed by atoms with van der Waals surface area (Å²) < 4.78 is 19.6. The van der Waals surface area contributed by atoms with Crippen LogP contribution in [0.4, 0.5) is 10.1 Å². The number of hydrogen-bond donors (Lipinski definition) is 2. The third-order valence-corrected chi connectivity index (χ3v) is 4.88. The predicted molar refractivity (Wildman–Crippen MR) is 108 cm³/mol. The van der Waals surface area contributed by atoms with Crippen molar-refractivity contribution in [2.75, 3.05) is 5.32 Å². The van der Waals surface area contributed by atoms with E-state index in [-0.39, 0.29) is 5.91 Å². The highest BCUT2D eigenvalue weighted by Gasteiger charge is 2.38. The molecule has 0 radical (unpaired) electrons. The van der Waals surface area contributed by atoms with Crippen LogP contribution in [0.1, 0.15) is 30.5 Å². The zero-order valence-corrected chi connectivity index (χ0v) is 15.8. The van der Waals surface area contributed by atoms with Crippen molar-refractivity contribution >= 4 is 34.8 Å². The van der Waals surface area contributed by atoms with Crippen LogP contribution in [0.25, 0.3) is 17.2 Å². The van der Waals surface area contributed by atoms with Gasteiger partial charge in [-0.15, -0.1) is 0 Å². The highest BCUT2D eigenvalue weighted by Crippen LogP contribution is 2.44. The quantitative estimate of drug-likeness (QED) is 0.757. The van der Waals surface area contributed by atoms with Crippen LogP contribution in [0.5, 0.6) is 0 Å². The molecule has 0 saturated heterocycles. The van der Waals surface area contributed by atoms with Crippen LogP contribution in [-0.2, 0) is 14.3 Å². The lowest BCUT2D eigenvalue weighted by Gasteiger charge is -2.23. The van der Waals surface area contributed by atoms with Crippen LogP contribution in [-0.4, -0.2) is 22.6 Å². The maximum absolute atomic E-state index is 13.5. The Morgan fingerprint density at radius 2 is 2.00 bits per heavy atom. The molecular formula is C23H18FNO4. The summed E-state index contributed by atoms with van der Waals surface area (Å²) >= 11 is 0. The molecule has 5 nitrogen and oxygen atoms in total. The molecule has 0 bridgehead atoms. The first-order chi connectivity index (χ1) is 13.7. The van der Waals surface area contributed by atoms with E-state index in [1.807, 2.05) is 38.1 Å². The molecule has 2 aliphatic heterocycles. The average molecular weight is 391 g/mol. The first-order valence-electron chi connectivity index (χ1n) is 9.03. The number of fused-ring (bicyclic) bond motifs is 1. The summed E-state index contributed by atoms with van der Waals surface area (Å²) in [7, 11) is 0. The van der Waals surface area contributed by atoms with Gasteiger partial charge in [0.25, 0.3) is 5.91 Å². The second kappa shape index (κ2) is 6.74. The third kappa shape index (κ3) is 3.45. The summed E-state index contributed by atoms with van der Waals surface area (Å²) in [5.74, 6) is -1.37. The zero-order chi connectivity index (χ0) is 20.8. The Hall–Kier alpha value is -3.67. The highest BCUT2D eigenvalue weighted by molar-refractivity contribution is 6.32. The van der Waals surface area contributed by atoms with Crippen molar-refractivity contribution < 1.29 is 23.8 Å². The lowest BCUT2D eigenvalue weighted by atomic mass is 9.91. The van der Waals surface area contributed by atoms with E-state index in [1.165, 1.54) is 18.2 Å². The van der Waals surface area contributed by atoms with Gasteiger partial charge in [0.15, 0.2) is 0 Å². The molecule has 1 amide bonds. The molecule has 2 heterocycles. The topological polar surface area (TPSA) is 75.6 Å². The van der Waals surface area contributed by atoms with E-state index in [0.717, 1.165) is 22.8 Å². The Labute approximate surface area is 166 Å². The highest BCUT2D eigenvalue weighted by atomic mass is 19.1. The van der Waals surface area contributed by atoms with Crippen molar-refractivity contribution in [2.24, 2.45) is 0 Å². The SMILES string of the molecule is CC1(C)OC(=C2C(=O)Nc3cc(F)ccc32)C=C1c1cccc(/C=C/C(=O)O)c1. The predicted octanol–water partition coefficient (Wildman–Crippen LogP) is 4.48. The fourth-order valence-corrected chi connectivity index (χ4v) is 3.59. The van der Waals surface area contributed by atoms with E-state index in [0.29, 0.717) is 22.6 Å². The van der Waals surface area contributed by atoms with Gasteiger partial charge < -0.3 is 15.2 Å². The monoisotopic (exact) mass is 391 g/mol. The molecule has 0 fully saturated rings. The van der Waals surface area contributed by atoms with Crippen molar-refractivity contribution in [3.63, 3.8) is 0 Å². The minimum atomic E-state index is -1.02. The average Bonchev–Trinajstić information content (AvgIpc) is 3.14. The van der Waals surface area contributed by atoms with E-state index in [1.54, 1.807) is 12.1 Å². The van der Waals surface area contributed by atoms with Crippen LogP contribution in [0.2, 0.25) is 0 Å². The largest absolute Gasteiger partial charge is 0.482 e. The summed E-state index contributed by atoms with van der Waals surface area (Å²) in [5.41, 5.74) is 3.12. The van der Waals surface area contributed by atoms with Crippen molar-refractivity contribution in [2.45, 2.75) is 19.4 Å². The van der Waals surface area contributed by atoms with E-state index in [2.05, 4.69) is 5.32 Å². The van der Waals surface area contributed by atoms with Crippen molar-refractivity contribution in [3.05, 3.63) is 82.9 Å². The molecule has 29 heavy (non-hydrogen) atoms. The fraction of sp³-hybridized carbons (Fsp3) is 0.130. The van der Waals surface area contributed by atoms with Gasteiger partial charge in [0.2, 0.25) is 0 Å². The zero-order valence-electron chi connectivity index (χ0n) is 15.8. The van der Waals surface area contributed by atoms with Gasteiger partial charge in [0, 0.05) is 17.2 Å². The Morgan fingerprint density at radius 1 is 1.21 bits per heavy atom. The lowest BCUT2D eigenvalue weighted by molar-refractivity contribution is -0.131. The van der Waals surface area contributed by atoms with Gasteiger partial charge in [-0.25, -0.2) is 9.18 Å². The van der Waals surface area contributed by atoms with Crippen LogP contribution >= 0.6 is 0 Å². The molecule has 146 valence electrons. The van der Waals surface area contributed by atoms with E-state index in [4.69, 9.17) is 9.84 Å². The fourth-order valence-electron chi connectivity index (χ4n) is 3.59. The summed E-state index contributed by atoms with van der Waals surface area (Å²) in [6.45, 7) is 3.79. The minimum Gasteiger partial charge on any atom is -0.482 e. The molecule has 4 rings (SSSR count). The van der Waals surface area contributed by atoms with Crippen molar-refractivity contribution in [1.29, 1.82) is 0 Å². The summed E-state index contributed by atoms with van der Waals surface area (Å²) in [6.07, 6.45) is 4.41. The molecule has 0 aliphatic carbocycles. The Bertz CT molecular complexity index is 1140. The van der Waals surface area contributed by atoms with E-state index >= 15 is 0 Å². The third-order valence-electron chi connectivity index (χ3n) is 4.88. The lowest BCUT2D eigenvalue weighted by Crippen LogP contribution is -2.21. The molecule has 0 aromatic heterocycles. The number of carboxylic acid groups (broad SMARTS) is 1. The molecule has 0 atom stereocenters. The number of rotatable bonds is 3. The molecule has 0 unspecified atom stereocenters. The van der Waals surface area contributed by atoms with Gasteiger partial charge in [-0.1, -0.05) is 18.2 Å². The van der Waals surface area contributed by atoms with Gasteiger partial charge in [-0.05, 0) is 61.4 Å². The summed E-state index contributed by atoms with van der Waals surface area (Å²) in [5, 5.41) is 11.5. The molecule has 0 spiro atoms. The van der Waals surface area contributed by atoms with Gasteiger partial charge in [0.05, 0.1) is 11.3 Å². The van der Waals surface area contributed by atoms with Crippen LogP contribution in [0, 0.1) is 5.82 Å². The van der Waals surface area contributed by atoms with Gasteiger partial charge >= 0.3 is 5.97 Å². The molecule has 0 saturated carbocycles. The number of aliphatic carboxylic acids is 1. The first-order valence-corrected chi connectivity index (χ1v) is 9.03. The maximum atomic E-state index is 13.5. The summed E-state index contributed by atoms with van der Waals surface area (Å²) in [4.78, 5) is 23.3. The second-order valence-electron chi connectivity index (χ2n) is 7.35. The number of carboxylic acids is 1. The number of hydrogen-bond acceptors (Lipinski definition) is 3. The number of allylic oxidation sites excluding steroid dienone is 1. The molecule has 2 aliphatic rings. The number of carbonyl (C=O) groups excluding carboxylic acids is 1. The van der Waals surface area contributed by atoms with Crippen LogP contribution < -0.4 is 5.32 Å². The number of nitrogens with one attached hydrogen (secondary N) is 1. The molecule has 6 heteroatoms. The molecule has 2 aromatic rings. The molecule has 2 aromatic carbocycles. The van der Waals surface area contributed by atoms with Gasteiger partial charge in [-0.3, -0.25) is 4.79 Å². The maximum Gasteiger partial charge on any atom is 0.328 e. The first kappa shape index (κ1) is 18.7. The van der Waals surface area contributed by atoms with Gasteiger partial charge in [0.1, 0.15) is 17.2 Å². The summed E-state index contributed by atoms with van der Waals surface area (Å²) in [6, 6.07) is 11.6. The van der Waals surface area contributed by atoms with E-state index < -0.39 is 17.4 Å². The number of benzene rings is 2. The van der Waals surface area contributed by atoms with Gasteiger partial charge in [-0.2, -0.15) is 0 Å². The Balaban J connectivity index is 1.80. The number of anilines is 1.